The molecule has 33 heavy (non-hydrogen) atoms. The lowest BCUT2D eigenvalue weighted by Gasteiger charge is -2.21. The second-order valence-corrected chi connectivity index (χ2v) is 10.3. The Hall–Kier alpha value is -2.99. The Balaban J connectivity index is 1.46. The molecule has 3 aromatic rings. The van der Waals surface area contributed by atoms with Gasteiger partial charge in [-0.2, -0.15) is 0 Å². The van der Waals surface area contributed by atoms with Gasteiger partial charge in [0.15, 0.2) is 16.8 Å². The van der Waals surface area contributed by atoms with Gasteiger partial charge < -0.3 is 10.1 Å². The van der Waals surface area contributed by atoms with E-state index in [2.05, 4.69) is 30.0 Å². The summed E-state index contributed by atoms with van der Waals surface area (Å²) in [6.45, 7) is 5.62. The number of pyridine rings is 1. The summed E-state index contributed by atoms with van der Waals surface area (Å²) in [6, 6.07) is 1.23. The number of halogens is 1. The molecule has 174 valence electrons. The molecule has 9 nitrogen and oxygen atoms in total. The molecule has 1 aliphatic carbocycles. The fourth-order valence-corrected chi connectivity index (χ4v) is 4.92. The highest BCUT2D eigenvalue weighted by Crippen LogP contribution is 2.32. The maximum absolute atomic E-state index is 14.8. The summed E-state index contributed by atoms with van der Waals surface area (Å²) in [5, 5.41) is 4.91. The molecule has 1 unspecified atom stereocenters. The Morgan fingerprint density at radius 3 is 2.79 bits per heavy atom. The zero-order valence-corrected chi connectivity index (χ0v) is 19.9. The van der Waals surface area contributed by atoms with E-state index in [9.17, 15) is 13.4 Å². The summed E-state index contributed by atoms with van der Waals surface area (Å²) in [7, 11) is -1.17. The van der Waals surface area contributed by atoms with E-state index in [1.54, 1.807) is 19.2 Å². The summed E-state index contributed by atoms with van der Waals surface area (Å²) >= 11 is 1.27. The van der Waals surface area contributed by atoms with Crippen LogP contribution < -0.4 is 14.8 Å². The fraction of sp³-hybridized carbons (Fsp3) is 0.381. The molecule has 0 saturated heterocycles. The number of amides is 1. The lowest BCUT2D eigenvalue weighted by molar-refractivity contribution is -0.120. The van der Waals surface area contributed by atoms with Crippen LogP contribution in [0.5, 0.6) is 5.88 Å². The summed E-state index contributed by atoms with van der Waals surface area (Å²) in [5.41, 5.74) is 0.219. The van der Waals surface area contributed by atoms with E-state index in [1.807, 2.05) is 6.92 Å². The topological polar surface area (TPSA) is 119 Å². The predicted molar refractivity (Wildman–Crippen MR) is 125 cm³/mol. The summed E-state index contributed by atoms with van der Waals surface area (Å²) < 4.78 is 35.0. The standard InChI is InChI=1S/C21H23FN6O3S2/c1-4-31-17-10-23-9-15(25-17)12-7-14(22)18(24-8-12)27-19(29)21(2,3)16-11-32-20(26-16)28-33(30)13-5-6-13/h7-11,13H,4-6H2,1-3H3,(H,26,28)(H,24,27,29). The van der Waals surface area contributed by atoms with Gasteiger partial charge in [0.2, 0.25) is 11.8 Å². The van der Waals surface area contributed by atoms with Crippen molar-refractivity contribution in [3.8, 4) is 17.1 Å². The normalized spacial score (nSPS) is 14.5. The Labute approximate surface area is 196 Å². The number of hydrogen-bond donors (Lipinski definition) is 2. The number of nitrogens with zero attached hydrogens (tertiary/aromatic N) is 4. The third-order valence-electron chi connectivity index (χ3n) is 5.00. The van der Waals surface area contributed by atoms with Crippen LogP contribution in [0, 0.1) is 5.82 Å². The average molecular weight is 491 g/mol. The number of nitrogens with one attached hydrogen (secondary N) is 2. The van der Waals surface area contributed by atoms with Gasteiger partial charge in [0.1, 0.15) is 11.0 Å². The van der Waals surface area contributed by atoms with Crippen LogP contribution in [0.2, 0.25) is 0 Å². The molecule has 3 aromatic heterocycles. The smallest absolute Gasteiger partial charge is 0.237 e. The van der Waals surface area contributed by atoms with Gasteiger partial charge in [-0.05, 0) is 39.7 Å². The van der Waals surface area contributed by atoms with Crippen LogP contribution in [-0.4, -0.2) is 41.9 Å². The maximum atomic E-state index is 14.8. The highest BCUT2D eigenvalue weighted by atomic mass is 32.2. The first-order valence-electron chi connectivity index (χ1n) is 10.3. The number of thiazole rings is 1. The van der Waals surface area contributed by atoms with Gasteiger partial charge in [-0.1, -0.05) is 0 Å². The number of ether oxygens (including phenoxy) is 1. The van der Waals surface area contributed by atoms with Crippen molar-refractivity contribution in [2.24, 2.45) is 0 Å². The molecule has 1 fully saturated rings. The largest absolute Gasteiger partial charge is 0.477 e. The number of carbonyl (C=O) groups is 1. The van der Waals surface area contributed by atoms with Crippen LogP contribution in [0.3, 0.4) is 0 Å². The van der Waals surface area contributed by atoms with Crippen molar-refractivity contribution in [1.82, 2.24) is 19.9 Å². The number of hydrogen-bond acceptors (Lipinski definition) is 8. The summed E-state index contributed by atoms with van der Waals surface area (Å²) in [4.78, 5) is 29.7. The predicted octanol–water partition coefficient (Wildman–Crippen LogP) is 3.69. The molecule has 0 bridgehead atoms. The fourth-order valence-electron chi connectivity index (χ4n) is 2.81. The van der Waals surface area contributed by atoms with Gasteiger partial charge in [0.25, 0.3) is 0 Å². The second-order valence-electron chi connectivity index (χ2n) is 7.95. The minimum Gasteiger partial charge on any atom is -0.477 e. The molecule has 0 aliphatic heterocycles. The van der Waals surface area contributed by atoms with E-state index in [0.29, 0.717) is 34.6 Å². The zero-order chi connectivity index (χ0) is 23.6. The molecular weight excluding hydrogens is 467 g/mol. The number of rotatable bonds is 9. The van der Waals surface area contributed by atoms with Gasteiger partial charge >= 0.3 is 0 Å². The van der Waals surface area contributed by atoms with Gasteiger partial charge in [-0.3, -0.25) is 14.5 Å². The Morgan fingerprint density at radius 2 is 2.09 bits per heavy atom. The molecule has 1 amide bonds. The summed E-state index contributed by atoms with van der Waals surface area (Å²) in [5.74, 6) is -1.05. The van der Waals surface area contributed by atoms with Crippen molar-refractivity contribution < 1.29 is 18.1 Å². The molecule has 0 radical (unpaired) electrons. The monoisotopic (exact) mass is 490 g/mol. The molecule has 1 saturated carbocycles. The van der Waals surface area contributed by atoms with E-state index in [0.717, 1.165) is 12.8 Å². The van der Waals surface area contributed by atoms with E-state index < -0.39 is 28.1 Å². The Kier molecular flexibility index (Phi) is 6.66. The lowest BCUT2D eigenvalue weighted by Crippen LogP contribution is -2.35. The van der Waals surface area contributed by atoms with Crippen LogP contribution in [0.15, 0.2) is 30.0 Å². The lowest BCUT2D eigenvalue weighted by atomic mass is 9.89. The highest BCUT2D eigenvalue weighted by Gasteiger charge is 2.34. The molecule has 1 aliphatic rings. The van der Waals surface area contributed by atoms with Crippen molar-refractivity contribution in [3.63, 3.8) is 0 Å². The molecule has 3 heterocycles. The zero-order valence-electron chi connectivity index (χ0n) is 18.3. The third kappa shape index (κ3) is 5.33. The average Bonchev–Trinajstić information content (AvgIpc) is 3.54. The number of anilines is 2. The van der Waals surface area contributed by atoms with Gasteiger partial charge in [-0.25, -0.2) is 23.6 Å². The molecule has 0 spiro atoms. The van der Waals surface area contributed by atoms with Crippen molar-refractivity contribution in [2.45, 2.75) is 44.3 Å². The van der Waals surface area contributed by atoms with Gasteiger partial charge in [-0.15, -0.1) is 11.3 Å². The van der Waals surface area contributed by atoms with Crippen LogP contribution in [0.1, 0.15) is 39.3 Å². The first-order chi connectivity index (χ1) is 15.8. The third-order valence-corrected chi connectivity index (χ3v) is 7.36. The van der Waals surface area contributed by atoms with Crippen LogP contribution >= 0.6 is 11.3 Å². The van der Waals surface area contributed by atoms with Crippen LogP contribution in [0.25, 0.3) is 11.3 Å². The second kappa shape index (κ2) is 9.48. The van der Waals surface area contributed by atoms with E-state index >= 15 is 0 Å². The van der Waals surface area contributed by atoms with Gasteiger partial charge in [0, 0.05) is 17.1 Å². The SMILES string of the molecule is CCOc1cncc(-c2cnc(NC(=O)C(C)(C)c3csc(NS(=O)C4CC4)n3)c(F)c2)n1. The van der Waals surface area contributed by atoms with Crippen molar-refractivity contribution in [1.29, 1.82) is 0 Å². The first kappa shape index (κ1) is 23.2. The first-order valence-corrected chi connectivity index (χ1v) is 12.4. The highest BCUT2D eigenvalue weighted by molar-refractivity contribution is 7.87. The molecule has 0 aromatic carbocycles. The molecule has 12 heteroatoms. The number of carbonyl (C=O) groups excluding carboxylic acids is 1. The van der Waals surface area contributed by atoms with Gasteiger partial charge in [0.05, 0.1) is 41.1 Å². The maximum Gasteiger partial charge on any atom is 0.237 e. The molecular formula is C21H23FN6O3S2. The van der Waals surface area contributed by atoms with Crippen LogP contribution in [-0.2, 0) is 21.2 Å². The quantitative estimate of drug-likeness (QED) is 0.469. The van der Waals surface area contributed by atoms with E-state index in [4.69, 9.17) is 4.74 Å². The Bertz CT molecular complexity index is 1200. The van der Waals surface area contributed by atoms with Crippen molar-refractivity contribution in [2.75, 3.05) is 16.6 Å². The molecule has 4 rings (SSSR count). The Morgan fingerprint density at radius 1 is 1.30 bits per heavy atom. The molecule has 2 N–H and O–H groups in total. The van der Waals surface area contributed by atoms with Crippen molar-refractivity contribution >= 4 is 39.2 Å². The molecule has 1 atom stereocenters. The van der Waals surface area contributed by atoms with Crippen LogP contribution in [0.4, 0.5) is 15.3 Å². The van der Waals surface area contributed by atoms with E-state index in [-0.39, 0.29) is 11.1 Å². The summed E-state index contributed by atoms with van der Waals surface area (Å²) in [6.07, 6.45) is 6.23. The number of aromatic nitrogens is 4. The minimum absolute atomic E-state index is 0.165. The minimum atomic E-state index is -1.17. The van der Waals surface area contributed by atoms with E-state index in [1.165, 1.54) is 36.0 Å². The van der Waals surface area contributed by atoms with Crippen molar-refractivity contribution in [3.05, 3.63) is 41.5 Å².